The molecule has 1 aromatic rings. The molecule has 1 aromatic carbocycles. The summed E-state index contributed by atoms with van der Waals surface area (Å²) in [6.07, 6.45) is 0.772. The van der Waals surface area contributed by atoms with E-state index >= 15 is 0 Å². The average Bonchev–Trinajstić information content (AvgIpc) is 2.68. The quantitative estimate of drug-likeness (QED) is 0.908. The summed E-state index contributed by atoms with van der Waals surface area (Å²) >= 11 is 0. The van der Waals surface area contributed by atoms with Crippen LogP contribution in [0.4, 0.5) is 0 Å². The number of hydrogen-bond donors (Lipinski definition) is 1. The lowest BCUT2D eigenvalue weighted by Gasteiger charge is -2.25. The molecule has 0 bridgehead atoms. The van der Waals surface area contributed by atoms with Crippen LogP contribution >= 0.6 is 0 Å². The van der Waals surface area contributed by atoms with Crippen molar-refractivity contribution in [3.8, 4) is 0 Å². The van der Waals surface area contributed by atoms with Crippen LogP contribution in [0.5, 0.6) is 0 Å². The van der Waals surface area contributed by atoms with Crippen LogP contribution in [-0.4, -0.2) is 26.5 Å². The Bertz CT molecular complexity index is 510. The zero-order valence-electron chi connectivity index (χ0n) is 11.0. The second-order valence-electron chi connectivity index (χ2n) is 5.06. The highest BCUT2D eigenvalue weighted by Gasteiger charge is 2.34. The monoisotopic (exact) mass is 267 g/mol. The van der Waals surface area contributed by atoms with E-state index in [1.807, 2.05) is 12.1 Å². The lowest BCUT2D eigenvalue weighted by Crippen LogP contribution is -2.29. The van der Waals surface area contributed by atoms with Gasteiger partial charge in [0.05, 0.1) is 11.5 Å². The Kier molecular flexibility index (Phi) is 4.07. The fourth-order valence-electron chi connectivity index (χ4n) is 2.77. The molecule has 1 N–H and O–H groups in total. The topological polar surface area (TPSA) is 46.2 Å². The Hall–Kier alpha value is -0.870. The van der Waals surface area contributed by atoms with Crippen LogP contribution in [0.15, 0.2) is 24.3 Å². The van der Waals surface area contributed by atoms with E-state index in [-0.39, 0.29) is 12.0 Å². The molecule has 1 fully saturated rings. The Morgan fingerprint density at radius 2 is 2.11 bits per heavy atom. The Labute approximate surface area is 110 Å². The number of benzene rings is 1. The third kappa shape index (κ3) is 2.93. The van der Waals surface area contributed by atoms with Crippen LogP contribution in [0.25, 0.3) is 0 Å². The molecule has 2 atom stereocenters. The van der Waals surface area contributed by atoms with Gasteiger partial charge in [-0.3, -0.25) is 0 Å². The van der Waals surface area contributed by atoms with Gasteiger partial charge >= 0.3 is 0 Å². The van der Waals surface area contributed by atoms with Crippen molar-refractivity contribution in [3.05, 3.63) is 35.4 Å². The fourth-order valence-corrected chi connectivity index (χ4v) is 4.61. The van der Waals surface area contributed by atoms with Crippen molar-refractivity contribution in [2.24, 2.45) is 5.92 Å². The average molecular weight is 267 g/mol. The summed E-state index contributed by atoms with van der Waals surface area (Å²) in [5.41, 5.74) is 2.47. The maximum Gasteiger partial charge on any atom is 0.150 e. The van der Waals surface area contributed by atoms with Gasteiger partial charge in [0.1, 0.15) is 0 Å². The van der Waals surface area contributed by atoms with Gasteiger partial charge in [0.25, 0.3) is 0 Å². The molecule has 3 nitrogen and oxygen atoms in total. The van der Waals surface area contributed by atoms with Gasteiger partial charge in [-0.2, -0.15) is 0 Å². The van der Waals surface area contributed by atoms with Gasteiger partial charge in [0.2, 0.25) is 0 Å². The van der Waals surface area contributed by atoms with Gasteiger partial charge in [0, 0.05) is 6.04 Å². The molecular weight excluding hydrogens is 246 g/mol. The molecule has 1 aliphatic heterocycles. The van der Waals surface area contributed by atoms with Crippen LogP contribution < -0.4 is 5.32 Å². The van der Waals surface area contributed by atoms with Crippen molar-refractivity contribution < 1.29 is 8.42 Å². The first-order valence-corrected chi connectivity index (χ1v) is 8.35. The minimum Gasteiger partial charge on any atom is -0.310 e. The predicted octanol–water partition coefficient (Wildman–Crippen LogP) is 2.08. The van der Waals surface area contributed by atoms with Crippen molar-refractivity contribution in [3.63, 3.8) is 0 Å². The van der Waals surface area contributed by atoms with Crippen molar-refractivity contribution in [1.29, 1.82) is 0 Å². The van der Waals surface area contributed by atoms with Gasteiger partial charge in [-0.25, -0.2) is 8.42 Å². The molecule has 0 saturated carbocycles. The predicted molar refractivity (Wildman–Crippen MR) is 74.4 cm³/mol. The molecule has 0 aliphatic carbocycles. The fraction of sp³-hybridized carbons (Fsp3) is 0.571. The van der Waals surface area contributed by atoms with Crippen LogP contribution in [0.1, 0.15) is 30.5 Å². The van der Waals surface area contributed by atoms with E-state index < -0.39 is 9.84 Å². The van der Waals surface area contributed by atoms with Crippen molar-refractivity contribution in [2.75, 3.05) is 18.1 Å². The summed E-state index contributed by atoms with van der Waals surface area (Å²) in [7, 11) is -2.82. The van der Waals surface area contributed by atoms with E-state index in [1.165, 1.54) is 11.1 Å². The second-order valence-corrected chi connectivity index (χ2v) is 7.28. The minimum absolute atomic E-state index is 0.161. The Morgan fingerprint density at radius 1 is 1.39 bits per heavy atom. The van der Waals surface area contributed by atoms with Gasteiger partial charge in [-0.05, 0) is 36.9 Å². The lowest BCUT2D eigenvalue weighted by atomic mass is 9.90. The molecule has 0 radical (unpaired) electrons. The first kappa shape index (κ1) is 13.6. The molecule has 0 spiro atoms. The van der Waals surface area contributed by atoms with E-state index in [4.69, 9.17) is 0 Å². The zero-order chi connectivity index (χ0) is 13.2. The van der Waals surface area contributed by atoms with E-state index in [9.17, 15) is 8.42 Å². The molecule has 100 valence electrons. The molecule has 2 rings (SSSR count). The number of rotatable bonds is 4. The van der Waals surface area contributed by atoms with Crippen LogP contribution in [0.3, 0.4) is 0 Å². The first-order valence-electron chi connectivity index (χ1n) is 6.53. The second kappa shape index (κ2) is 5.41. The summed E-state index contributed by atoms with van der Waals surface area (Å²) in [5, 5.41) is 3.46. The van der Waals surface area contributed by atoms with E-state index in [2.05, 4.69) is 31.3 Å². The van der Waals surface area contributed by atoms with Crippen molar-refractivity contribution in [1.82, 2.24) is 5.32 Å². The minimum atomic E-state index is -2.82. The Balaban J connectivity index is 2.27. The molecule has 18 heavy (non-hydrogen) atoms. The number of nitrogens with one attached hydrogen (secondary N) is 1. The van der Waals surface area contributed by atoms with Gasteiger partial charge in [-0.1, -0.05) is 31.2 Å². The summed E-state index contributed by atoms with van der Waals surface area (Å²) in [6, 6.07) is 8.40. The van der Waals surface area contributed by atoms with Gasteiger partial charge in [-0.15, -0.1) is 0 Å². The van der Waals surface area contributed by atoms with Crippen molar-refractivity contribution in [2.45, 2.75) is 26.3 Å². The van der Waals surface area contributed by atoms with E-state index in [0.29, 0.717) is 11.5 Å². The molecule has 1 heterocycles. The molecule has 1 saturated heterocycles. The largest absolute Gasteiger partial charge is 0.310 e. The maximum absolute atomic E-state index is 11.6. The molecule has 0 aromatic heterocycles. The third-order valence-electron chi connectivity index (χ3n) is 3.69. The third-order valence-corrected chi connectivity index (χ3v) is 5.48. The molecular formula is C14H21NO2S. The molecule has 2 unspecified atom stereocenters. The molecule has 0 amide bonds. The lowest BCUT2D eigenvalue weighted by molar-refractivity contribution is 0.399. The normalized spacial score (nSPS) is 24.0. The van der Waals surface area contributed by atoms with E-state index in [0.717, 1.165) is 13.0 Å². The Morgan fingerprint density at radius 3 is 2.67 bits per heavy atom. The van der Waals surface area contributed by atoms with Crippen molar-refractivity contribution >= 4 is 9.84 Å². The van der Waals surface area contributed by atoms with Gasteiger partial charge < -0.3 is 5.32 Å². The standard InChI is InChI=1S/C14H21NO2S/c1-3-15-14(12-8-9-18(16,17)10-12)13-7-5-4-6-11(13)2/h4-7,12,14-15H,3,8-10H2,1-2H3. The highest BCUT2D eigenvalue weighted by atomic mass is 32.2. The summed E-state index contributed by atoms with van der Waals surface area (Å²) in [4.78, 5) is 0. The number of sulfone groups is 1. The first-order chi connectivity index (χ1) is 8.53. The number of hydrogen-bond acceptors (Lipinski definition) is 3. The summed E-state index contributed by atoms with van der Waals surface area (Å²) in [5.74, 6) is 0.862. The molecule has 4 heteroatoms. The van der Waals surface area contributed by atoms with Crippen LogP contribution in [0, 0.1) is 12.8 Å². The zero-order valence-corrected chi connectivity index (χ0v) is 11.8. The van der Waals surface area contributed by atoms with E-state index in [1.54, 1.807) is 0 Å². The summed E-state index contributed by atoms with van der Waals surface area (Å²) < 4.78 is 23.3. The summed E-state index contributed by atoms with van der Waals surface area (Å²) in [6.45, 7) is 5.01. The van der Waals surface area contributed by atoms with Crippen LogP contribution in [-0.2, 0) is 9.84 Å². The van der Waals surface area contributed by atoms with Crippen LogP contribution in [0.2, 0.25) is 0 Å². The highest BCUT2D eigenvalue weighted by Crippen LogP contribution is 2.32. The smallest absolute Gasteiger partial charge is 0.150 e. The molecule has 1 aliphatic rings. The maximum atomic E-state index is 11.6. The number of aryl methyl sites for hydroxylation is 1. The highest BCUT2D eigenvalue weighted by molar-refractivity contribution is 7.91. The SMILES string of the molecule is CCNC(c1ccccc1C)C1CCS(=O)(=O)C1. The van der Waals surface area contributed by atoms with Gasteiger partial charge in [0.15, 0.2) is 9.84 Å².